The molecule has 9 atom stereocenters. The van der Waals surface area contributed by atoms with Crippen LogP contribution in [0.3, 0.4) is 0 Å². The van der Waals surface area contributed by atoms with Crippen LogP contribution in [0.2, 0.25) is 0 Å². The highest BCUT2D eigenvalue weighted by Crippen LogP contribution is 2.51. The second kappa shape index (κ2) is 5.93. The topological polar surface area (TPSA) is 168 Å². The Morgan fingerprint density at radius 3 is 2.92 bits per heavy atom. The van der Waals surface area contributed by atoms with Crippen LogP contribution in [0.1, 0.15) is 0 Å². The van der Waals surface area contributed by atoms with Crippen molar-refractivity contribution in [3.05, 3.63) is 0 Å². The molecule has 7 N–H and O–H groups in total. The lowest BCUT2D eigenvalue weighted by atomic mass is 10.1. The summed E-state index contributed by atoms with van der Waals surface area (Å²) in [6.45, 7) is -0.179. The molecule has 4 rings (SSSR count). The largest absolute Gasteiger partial charge is 0.472 e. The number of aliphatic hydroxyl groups is 1. The predicted molar refractivity (Wildman–Crippen MR) is 79.8 cm³/mol. The highest BCUT2D eigenvalue weighted by molar-refractivity contribution is 9.09. The molecule has 0 saturated carbocycles. The minimum Gasteiger partial charge on any atom is -0.386 e. The van der Waals surface area contributed by atoms with Crippen LogP contribution in [-0.2, 0) is 23.1 Å². The van der Waals surface area contributed by atoms with Crippen LogP contribution in [0.4, 0.5) is 0 Å². The summed E-state index contributed by atoms with van der Waals surface area (Å²) < 4.78 is 27.0. The van der Waals surface area contributed by atoms with Crippen molar-refractivity contribution in [2.75, 3.05) is 6.61 Å². The third-order valence-corrected chi connectivity index (χ3v) is 6.13. The Balaban J connectivity index is 1.57. The molecular formula is C10H17BrN5O7P. The number of amides is 1. The second-order valence-electron chi connectivity index (χ2n) is 5.92. The zero-order valence-electron chi connectivity index (χ0n) is 12.1. The molecule has 0 bridgehead atoms. The van der Waals surface area contributed by atoms with Crippen molar-refractivity contribution in [3.8, 4) is 0 Å². The Morgan fingerprint density at radius 2 is 2.17 bits per heavy atom. The number of phosphoric acid groups is 1. The third-order valence-electron chi connectivity index (χ3n) is 4.41. The fourth-order valence-corrected chi connectivity index (χ4v) is 5.11. The molecule has 4 saturated heterocycles. The van der Waals surface area contributed by atoms with Gasteiger partial charge < -0.3 is 20.1 Å². The number of carbonyl (C=O) groups excluding carboxylic acids is 1. The van der Waals surface area contributed by atoms with Crippen molar-refractivity contribution >= 4 is 29.7 Å². The number of ether oxygens (including phenoxy) is 1. The molecule has 4 fully saturated rings. The number of fused-ring (bicyclic) bond motifs is 2. The number of hydrogen-bond acceptors (Lipinski definition) is 10. The van der Waals surface area contributed by atoms with Gasteiger partial charge in [0.2, 0.25) is 5.91 Å². The van der Waals surface area contributed by atoms with Gasteiger partial charge in [-0.1, -0.05) is 15.9 Å². The second-order valence-corrected chi connectivity index (χ2v) is 8.19. The van der Waals surface area contributed by atoms with E-state index in [2.05, 4.69) is 31.9 Å². The van der Waals surface area contributed by atoms with Gasteiger partial charge in [-0.05, 0) is 0 Å². The van der Waals surface area contributed by atoms with Crippen LogP contribution in [0, 0.1) is 0 Å². The number of phosphoric ester groups is 1. The molecule has 4 heterocycles. The van der Waals surface area contributed by atoms with Crippen molar-refractivity contribution in [2.45, 2.75) is 48.1 Å². The number of nitrogens with one attached hydrogen (secondary N) is 3. The Kier molecular flexibility index (Phi) is 4.26. The molecular weight excluding hydrogens is 413 g/mol. The maximum Gasteiger partial charge on any atom is 0.472 e. The van der Waals surface area contributed by atoms with Crippen LogP contribution in [-0.4, -0.2) is 75.5 Å². The van der Waals surface area contributed by atoms with E-state index in [0.29, 0.717) is 0 Å². The van der Waals surface area contributed by atoms with Crippen LogP contribution < -0.4 is 21.7 Å². The molecule has 14 heteroatoms. The van der Waals surface area contributed by atoms with E-state index in [-0.39, 0.29) is 12.5 Å². The fourth-order valence-electron chi connectivity index (χ4n) is 3.38. The SMILES string of the molecule is NC1NC(=O)C2NC(Br)N(C3OC4COP(=O)(O)OC4C3O)C2N1. The van der Waals surface area contributed by atoms with Gasteiger partial charge in [0, 0.05) is 0 Å². The van der Waals surface area contributed by atoms with Gasteiger partial charge in [-0.3, -0.25) is 30.2 Å². The lowest BCUT2D eigenvalue weighted by Gasteiger charge is -2.38. The normalized spacial score (nSPS) is 55.1. The third kappa shape index (κ3) is 2.73. The van der Waals surface area contributed by atoms with E-state index < -0.39 is 55.9 Å². The summed E-state index contributed by atoms with van der Waals surface area (Å²) in [5.74, 6) is -0.289. The minimum absolute atomic E-state index is 0.179. The summed E-state index contributed by atoms with van der Waals surface area (Å²) in [7, 11) is -4.20. The molecule has 24 heavy (non-hydrogen) atoms. The van der Waals surface area contributed by atoms with Gasteiger partial charge in [0.1, 0.15) is 41.9 Å². The number of nitrogens with zero attached hydrogens (tertiary/aromatic N) is 1. The predicted octanol–water partition coefficient (Wildman–Crippen LogP) is -3.17. The average molecular weight is 430 g/mol. The Hall–Kier alpha value is -0.180. The van der Waals surface area contributed by atoms with Crippen molar-refractivity contribution in [2.24, 2.45) is 5.73 Å². The van der Waals surface area contributed by atoms with Gasteiger partial charge in [-0.15, -0.1) is 0 Å². The number of carbonyl (C=O) groups is 1. The van der Waals surface area contributed by atoms with E-state index in [1.807, 2.05) is 0 Å². The Labute approximate surface area is 144 Å². The quantitative estimate of drug-likeness (QED) is 0.141. The van der Waals surface area contributed by atoms with Crippen LogP contribution in [0.25, 0.3) is 0 Å². The first kappa shape index (κ1) is 17.2. The number of nitrogens with two attached hydrogens (primary N) is 1. The lowest BCUT2D eigenvalue weighted by molar-refractivity contribution is -0.134. The van der Waals surface area contributed by atoms with Crippen molar-refractivity contribution in [1.82, 2.24) is 20.9 Å². The van der Waals surface area contributed by atoms with Crippen LogP contribution in [0.15, 0.2) is 0 Å². The van der Waals surface area contributed by atoms with Crippen molar-refractivity contribution in [3.63, 3.8) is 0 Å². The summed E-state index contributed by atoms with van der Waals surface area (Å²) in [4.78, 5) is 23.1. The number of halogens is 1. The lowest BCUT2D eigenvalue weighted by Crippen LogP contribution is -2.71. The number of aliphatic hydroxyl groups excluding tert-OH is 1. The number of hydrogen-bond donors (Lipinski definition) is 6. The van der Waals surface area contributed by atoms with Gasteiger partial charge in [0.15, 0.2) is 0 Å². The number of alkyl halides is 1. The van der Waals surface area contributed by atoms with Crippen molar-refractivity contribution in [1.29, 1.82) is 0 Å². The molecule has 12 nitrogen and oxygen atoms in total. The van der Waals surface area contributed by atoms with Crippen molar-refractivity contribution < 1.29 is 33.1 Å². The smallest absolute Gasteiger partial charge is 0.386 e. The van der Waals surface area contributed by atoms with E-state index in [0.717, 1.165) is 0 Å². The molecule has 0 aromatic heterocycles. The number of rotatable bonds is 1. The highest BCUT2D eigenvalue weighted by Gasteiger charge is 2.58. The highest BCUT2D eigenvalue weighted by atomic mass is 79.9. The van der Waals surface area contributed by atoms with Gasteiger partial charge >= 0.3 is 7.82 Å². The van der Waals surface area contributed by atoms with E-state index in [1.165, 1.54) is 0 Å². The van der Waals surface area contributed by atoms with E-state index in [4.69, 9.17) is 19.5 Å². The summed E-state index contributed by atoms with van der Waals surface area (Å²) in [6, 6.07) is -0.617. The molecule has 4 aliphatic heterocycles. The monoisotopic (exact) mass is 429 g/mol. The van der Waals surface area contributed by atoms with E-state index in [9.17, 15) is 19.4 Å². The minimum atomic E-state index is -4.20. The standard InChI is InChI=1S/C10H17BrN5O7P/c11-9-13-3-6(14-10(12)15-7(3)18)16(9)8-4(17)5-2(22-8)1-21-24(19,20)23-5/h2-6,8-10,13-14,17H,1,12H2,(H,15,18)(H,19,20). The molecule has 0 aromatic rings. The molecule has 0 aliphatic carbocycles. The van der Waals surface area contributed by atoms with E-state index in [1.54, 1.807) is 4.90 Å². The molecule has 0 spiro atoms. The molecule has 9 unspecified atom stereocenters. The summed E-state index contributed by atoms with van der Waals surface area (Å²) in [5, 5.41) is 18.6. The van der Waals surface area contributed by atoms with Gasteiger partial charge in [-0.2, -0.15) is 0 Å². The van der Waals surface area contributed by atoms with Crippen LogP contribution in [0.5, 0.6) is 0 Å². The maximum atomic E-state index is 12.1. The first-order valence-corrected chi connectivity index (χ1v) is 9.67. The van der Waals surface area contributed by atoms with Crippen LogP contribution >= 0.6 is 23.8 Å². The fraction of sp³-hybridized carbons (Fsp3) is 0.900. The van der Waals surface area contributed by atoms with Gasteiger partial charge in [-0.25, -0.2) is 9.46 Å². The maximum absolute atomic E-state index is 12.1. The molecule has 0 aromatic carbocycles. The zero-order valence-corrected chi connectivity index (χ0v) is 14.6. The first-order valence-electron chi connectivity index (χ1n) is 7.26. The van der Waals surface area contributed by atoms with Gasteiger partial charge in [0.25, 0.3) is 0 Å². The Bertz CT molecular complexity index is 600. The molecule has 0 radical (unpaired) electrons. The average Bonchev–Trinajstić information content (AvgIpc) is 2.96. The summed E-state index contributed by atoms with van der Waals surface area (Å²) in [6.07, 6.45) is -5.14. The first-order chi connectivity index (χ1) is 11.3. The van der Waals surface area contributed by atoms with E-state index >= 15 is 0 Å². The summed E-state index contributed by atoms with van der Waals surface area (Å²) in [5.41, 5.74) is 5.74. The Morgan fingerprint density at radius 1 is 1.42 bits per heavy atom. The molecule has 136 valence electrons. The molecule has 1 amide bonds. The van der Waals surface area contributed by atoms with Gasteiger partial charge in [0.05, 0.1) is 12.8 Å². The molecule has 4 aliphatic rings. The summed E-state index contributed by atoms with van der Waals surface area (Å²) >= 11 is 3.39. The zero-order chi connectivity index (χ0) is 17.2.